The summed E-state index contributed by atoms with van der Waals surface area (Å²) in [7, 11) is 0. The molecule has 0 atom stereocenters. The van der Waals surface area contributed by atoms with Crippen molar-refractivity contribution < 1.29 is 9.59 Å². The standard InChI is InChI=1S/C28H19BrN2O2/c29-25-15-6-12-22-23(25)13-5-14-24(22)28(33)30-20-10-3-9-19(17-20)27(32)31-26-16-4-8-18-7-1-2-11-21(18)26/h1-17H,(H,30,33)(H,31,32). The van der Waals surface area contributed by atoms with Crippen LogP contribution in [0.2, 0.25) is 0 Å². The Morgan fingerprint density at radius 2 is 1.30 bits per heavy atom. The molecule has 0 saturated carbocycles. The molecule has 0 spiro atoms. The summed E-state index contributed by atoms with van der Waals surface area (Å²) in [5.41, 5.74) is 2.33. The molecule has 0 heterocycles. The molecule has 2 N–H and O–H groups in total. The zero-order valence-corrected chi connectivity index (χ0v) is 19.1. The van der Waals surface area contributed by atoms with Crippen molar-refractivity contribution in [1.82, 2.24) is 0 Å². The summed E-state index contributed by atoms with van der Waals surface area (Å²) < 4.78 is 0.932. The molecule has 5 aromatic rings. The van der Waals surface area contributed by atoms with E-state index in [0.717, 1.165) is 31.7 Å². The van der Waals surface area contributed by atoms with Crippen LogP contribution in [0.25, 0.3) is 21.5 Å². The normalized spacial score (nSPS) is 10.8. The Balaban J connectivity index is 1.39. The first-order valence-electron chi connectivity index (χ1n) is 10.5. The van der Waals surface area contributed by atoms with Gasteiger partial charge in [0.15, 0.2) is 0 Å². The number of hydrogen-bond donors (Lipinski definition) is 2. The fraction of sp³-hybridized carbons (Fsp3) is 0. The number of anilines is 2. The van der Waals surface area contributed by atoms with Gasteiger partial charge < -0.3 is 10.6 Å². The van der Waals surface area contributed by atoms with Crippen molar-refractivity contribution in [3.63, 3.8) is 0 Å². The molecular formula is C28H19BrN2O2. The molecule has 0 aliphatic heterocycles. The maximum Gasteiger partial charge on any atom is 0.256 e. The number of benzene rings is 5. The van der Waals surface area contributed by atoms with E-state index in [9.17, 15) is 9.59 Å². The topological polar surface area (TPSA) is 58.2 Å². The highest BCUT2D eigenvalue weighted by molar-refractivity contribution is 9.10. The minimum atomic E-state index is -0.239. The molecule has 2 amide bonds. The first kappa shape index (κ1) is 20.9. The lowest BCUT2D eigenvalue weighted by atomic mass is 10.0. The van der Waals surface area contributed by atoms with E-state index in [1.54, 1.807) is 30.3 Å². The van der Waals surface area contributed by atoms with Gasteiger partial charge in [0.1, 0.15) is 0 Å². The summed E-state index contributed by atoms with van der Waals surface area (Å²) in [6.45, 7) is 0. The quantitative estimate of drug-likeness (QED) is 0.276. The number of halogens is 1. The molecule has 0 aliphatic carbocycles. The summed E-state index contributed by atoms with van der Waals surface area (Å²) in [6.07, 6.45) is 0. The Kier molecular flexibility index (Phi) is 5.63. The molecule has 0 radical (unpaired) electrons. The van der Waals surface area contributed by atoms with Crippen molar-refractivity contribution in [1.29, 1.82) is 0 Å². The monoisotopic (exact) mass is 494 g/mol. The van der Waals surface area contributed by atoms with Crippen molar-refractivity contribution in [2.75, 3.05) is 10.6 Å². The third kappa shape index (κ3) is 4.23. The highest BCUT2D eigenvalue weighted by Gasteiger charge is 2.13. The van der Waals surface area contributed by atoms with E-state index in [0.29, 0.717) is 16.8 Å². The second-order valence-electron chi connectivity index (χ2n) is 7.66. The summed E-state index contributed by atoms with van der Waals surface area (Å²) in [5.74, 6) is -0.471. The highest BCUT2D eigenvalue weighted by atomic mass is 79.9. The Morgan fingerprint density at radius 3 is 2.21 bits per heavy atom. The smallest absolute Gasteiger partial charge is 0.256 e. The van der Waals surface area contributed by atoms with Crippen LogP contribution >= 0.6 is 15.9 Å². The van der Waals surface area contributed by atoms with E-state index in [1.807, 2.05) is 72.8 Å². The van der Waals surface area contributed by atoms with Gasteiger partial charge in [-0.05, 0) is 52.6 Å². The number of nitrogens with one attached hydrogen (secondary N) is 2. The van der Waals surface area contributed by atoms with Gasteiger partial charge in [-0.25, -0.2) is 0 Å². The third-order valence-electron chi connectivity index (χ3n) is 5.53. The Bertz CT molecular complexity index is 1520. The minimum Gasteiger partial charge on any atom is -0.322 e. The molecule has 0 saturated heterocycles. The summed E-state index contributed by atoms with van der Waals surface area (Å²) >= 11 is 3.54. The van der Waals surface area contributed by atoms with Gasteiger partial charge in [0.25, 0.3) is 11.8 Å². The van der Waals surface area contributed by atoms with Gasteiger partial charge in [0.05, 0.1) is 0 Å². The average molecular weight is 495 g/mol. The van der Waals surface area contributed by atoms with E-state index in [2.05, 4.69) is 26.6 Å². The SMILES string of the molecule is O=C(Nc1cccc2ccccc12)c1cccc(NC(=O)c2cccc3c(Br)cccc23)c1. The first-order chi connectivity index (χ1) is 16.1. The van der Waals surface area contributed by atoms with Gasteiger partial charge >= 0.3 is 0 Å². The van der Waals surface area contributed by atoms with Gasteiger partial charge in [-0.2, -0.15) is 0 Å². The molecule has 5 heteroatoms. The van der Waals surface area contributed by atoms with E-state index < -0.39 is 0 Å². The van der Waals surface area contributed by atoms with Gasteiger partial charge in [-0.1, -0.05) is 82.7 Å². The lowest BCUT2D eigenvalue weighted by Gasteiger charge is -2.11. The number of hydrogen-bond acceptors (Lipinski definition) is 2. The molecule has 0 aromatic heterocycles. The summed E-state index contributed by atoms with van der Waals surface area (Å²) in [5, 5.41) is 9.76. The molecule has 4 nitrogen and oxygen atoms in total. The highest BCUT2D eigenvalue weighted by Crippen LogP contribution is 2.27. The molecule has 0 fully saturated rings. The molecule has 5 rings (SSSR count). The zero-order valence-electron chi connectivity index (χ0n) is 17.5. The second-order valence-corrected chi connectivity index (χ2v) is 8.51. The van der Waals surface area contributed by atoms with Crippen molar-refractivity contribution in [2.24, 2.45) is 0 Å². The van der Waals surface area contributed by atoms with E-state index in [4.69, 9.17) is 0 Å². The predicted molar refractivity (Wildman–Crippen MR) is 138 cm³/mol. The number of rotatable bonds is 4. The van der Waals surface area contributed by atoms with E-state index >= 15 is 0 Å². The molecule has 0 unspecified atom stereocenters. The Labute approximate surface area is 199 Å². The molecular weight excluding hydrogens is 476 g/mol. The van der Waals surface area contributed by atoms with Gasteiger partial charge in [0.2, 0.25) is 0 Å². The molecule has 160 valence electrons. The zero-order chi connectivity index (χ0) is 22.8. The van der Waals surface area contributed by atoms with Crippen LogP contribution in [-0.2, 0) is 0 Å². The molecule has 5 aromatic carbocycles. The van der Waals surface area contributed by atoms with Crippen LogP contribution in [0.3, 0.4) is 0 Å². The van der Waals surface area contributed by atoms with Crippen LogP contribution in [0.15, 0.2) is 108 Å². The van der Waals surface area contributed by atoms with Crippen LogP contribution in [0.4, 0.5) is 11.4 Å². The van der Waals surface area contributed by atoms with Gasteiger partial charge in [-0.15, -0.1) is 0 Å². The largest absolute Gasteiger partial charge is 0.322 e. The van der Waals surface area contributed by atoms with Crippen molar-refractivity contribution in [3.8, 4) is 0 Å². The minimum absolute atomic E-state index is 0.231. The number of carbonyl (C=O) groups is 2. The average Bonchev–Trinajstić information content (AvgIpc) is 2.84. The fourth-order valence-corrected chi connectivity index (χ4v) is 4.43. The number of carbonyl (C=O) groups excluding carboxylic acids is 2. The predicted octanol–water partition coefficient (Wildman–Crippen LogP) is 7.26. The van der Waals surface area contributed by atoms with Crippen molar-refractivity contribution >= 4 is 60.7 Å². The number of fused-ring (bicyclic) bond motifs is 2. The van der Waals surface area contributed by atoms with Crippen molar-refractivity contribution in [3.05, 3.63) is 119 Å². The van der Waals surface area contributed by atoms with Gasteiger partial charge in [0, 0.05) is 32.4 Å². The van der Waals surface area contributed by atoms with Crippen LogP contribution in [0.5, 0.6) is 0 Å². The first-order valence-corrected chi connectivity index (χ1v) is 11.3. The maximum absolute atomic E-state index is 13.0. The third-order valence-corrected chi connectivity index (χ3v) is 6.23. The maximum atomic E-state index is 13.0. The molecule has 0 bridgehead atoms. The lowest BCUT2D eigenvalue weighted by Crippen LogP contribution is -2.15. The van der Waals surface area contributed by atoms with E-state index in [1.165, 1.54) is 0 Å². The van der Waals surface area contributed by atoms with Crippen LogP contribution < -0.4 is 10.6 Å². The summed E-state index contributed by atoms with van der Waals surface area (Å²) in [4.78, 5) is 26.0. The second kappa shape index (κ2) is 8.88. The van der Waals surface area contributed by atoms with E-state index in [-0.39, 0.29) is 11.8 Å². The van der Waals surface area contributed by atoms with Crippen LogP contribution in [0.1, 0.15) is 20.7 Å². The summed E-state index contributed by atoms with van der Waals surface area (Å²) in [6, 6.07) is 32.0. The number of amides is 2. The van der Waals surface area contributed by atoms with Crippen molar-refractivity contribution in [2.45, 2.75) is 0 Å². The van der Waals surface area contributed by atoms with Crippen LogP contribution in [-0.4, -0.2) is 11.8 Å². The van der Waals surface area contributed by atoms with Gasteiger partial charge in [-0.3, -0.25) is 9.59 Å². The van der Waals surface area contributed by atoms with Crippen LogP contribution in [0, 0.1) is 0 Å². The lowest BCUT2D eigenvalue weighted by molar-refractivity contribution is 0.101. The Morgan fingerprint density at radius 1 is 0.606 bits per heavy atom. The Hall–Kier alpha value is -3.96. The molecule has 0 aliphatic rings. The fourth-order valence-electron chi connectivity index (χ4n) is 3.94. The molecule has 33 heavy (non-hydrogen) atoms.